The molecule has 0 unspecified atom stereocenters. The first-order valence-corrected chi connectivity index (χ1v) is 7.56. The Hall–Kier alpha value is -2.03. The lowest BCUT2D eigenvalue weighted by molar-refractivity contribution is 0.123. The molecule has 0 spiro atoms. The molecule has 1 aliphatic rings. The topological polar surface area (TPSA) is 84.5 Å². The number of ether oxygens (including phenoxy) is 1. The van der Waals surface area contributed by atoms with Gasteiger partial charge in [0.25, 0.3) is 5.90 Å². The van der Waals surface area contributed by atoms with Gasteiger partial charge in [0.2, 0.25) is 0 Å². The Morgan fingerprint density at radius 3 is 2.77 bits per heavy atom. The van der Waals surface area contributed by atoms with Crippen molar-refractivity contribution in [3.8, 4) is 10.6 Å². The average molecular weight is 322 g/mol. The summed E-state index contributed by atoms with van der Waals surface area (Å²) >= 11 is 1.32. The van der Waals surface area contributed by atoms with E-state index in [0.29, 0.717) is 42.6 Å². The number of hydrogen-bond donors (Lipinski definition) is 2. The van der Waals surface area contributed by atoms with Crippen molar-refractivity contribution in [2.24, 2.45) is 5.90 Å². The molecule has 2 aromatic rings. The summed E-state index contributed by atoms with van der Waals surface area (Å²) in [5.41, 5.74) is 0.728. The Bertz CT molecular complexity index is 685. The van der Waals surface area contributed by atoms with Gasteiger partial charge in [0.1, 0.15) is 15.8 Å². The summed E-state index contributed by atoms with van der Waals surface area (Å²) in [5, 5.41) is 9.06. The van der Waals surface area contributed by atoms with Crippen LogP contribution in [0.15, 0.2) is 24.3 Å². The smallest absolute Gasteiger partial charge is 0.259 e. The molecule has 8 heteroatoms. The number of benzene rings is 1. The van der Waals surface area contributed by atoms with E-state index in [9.17, 15) is 4.39 Å². The number of aromatic nitrogens is 1. The van der Waals surface area contributed by atoms with Crippen LogP contribution >= 0.6 is 11.3 Å². The predicted molar refractivity (Wildman–Crippen MR) is 82.6 cm³/mol. The Morgan fingerprint density at radius 1 is 1.36 bits per heavy atom. The number of morpholine rings is 1. The lowest BCUT2D eigenvalue weighted by Gasteiger charge is -2.27. The average Bonchev–Trinajstić information content (AvgIpc) is 3.00. The van der Waals surface area contributed by atoms with E-state index in [1.807, 2.05) is 0 Å². The van der Waals surface area contributed by atoms with Crippen molar-refractivity contribution in [1.82, 2.24) is 4.98 Å². The van der Waals surface area contributed by atoms with Crippen LogP contribution in [0.2, 0.25) is 0 Å². The molecule has 6 nitrogen and oxygen atoms in total. The van der Waals surface area contributed by atoms with Gasteiger partial charge in [-0.2, -0.15) is 5.90 Å². The second kappa shape index (κ2) is 6.39. The largest absolute Gasteiger partial charge is 0.389 e. The molecular weight excluding hydrogens is 307 g/mol. The molecule has 0 amide bonds. The molecule has 1 fully saturated rings. The summed E-state index contributed by atoms with van der Waals surface area (Å²) in [6.45, 7) is 2.57. The molecular formula is C14H15FN4O2S. The molecule has 3 N–H and O–H groups in total. The standard InChI is InChI=1S/C14H15FN4O2S/c15-10-4-2-1-3-9(10)13-18-11(12(16)21-17)14(22-13)19-5-7-20-8-6-19/h1-4,16H,5-8,17H2. The highest BCUT2D eigenvalue weighted by molar-refractivity contribution is 7.19. The lowest BCUT2D eigenvalue weighted by Crippen LogP contribution is -2.36. The van der Waals surface area contributed by atoms with E-state index in [1.165, 1.54) is 17.4 Å². The molecule has 22 heavy (non-hydrogen) atoms. The second-order valence-electron chi connectivity index (χ2n) is 4.70. The van der Waals surface area contributed by atoms with E-state index in [0.717, 1.165) is 5.00 Å². The van der Waals surface area contributed by atoms with Crippen molar-refractivity contribution in [3.63, 3.8) is 0 Å². The molecule has 0 aliphatic carbocycles. The van der Waals surface area contributed by atoms with Crippen LogP contribution in [-0.4, -0.2) is 37.2 Å². The van der Waals surface area contributed by atoms with Crippen LogP contribution < -0.4 is 10.8 Å². The summed E-state index contributed by atoms with van der Waals surface area (Å²) in [5.74, 6) is 4.52. The molecule has 1 aliphatic heterocycles. The van der Waals surface area contributed by atoms with Crippen LogP contribution in [0.3, 0.4) is 0 Å². The van der Waals surface area contributed by atoms with Crippen molar-refractivity contribution in [2.75, 3.05) is 31.2 Å². The van der Waals surface area contributed by atoms with Gasteiger partial charge in [-0.25, -0.2) is 9.37 Å². The molecule has 0 atom stereocenters. The fourth-order valence-electron chi connectivity index (χ4n) is 2.25. The van der Waals surface area contributed by atoms with E-state index in [-0.39, 0.29) is 11.7 Å². The van der Waals surface area contributed by atoms with Crippen molar-refractivity contribution >= 4 is 22.2 Å². The zero-order valence-electron chi connectivity index (χ0n) is 11.7. The fraction of sp³-hybridized carbons (Fsp3) is 0.286. The lowest BCUT2D eigenvalue weighted by atomic mass is 10.2. The quantitative estimate of drug-likeness (QED) is 0.513. The zero-order chi connectivity index (χ0) is 15.5. The summed E-state index contributed by atoms with van der Waals surface area (Å²) in [4.78, 5) is 10.9. The second-order valence-corrected chi connectivity index (χ2v) is 5.68. The van der Waals surface area contributed by atoms with Crippen molar-refractivity contribution in [1.29, 1.82) is 5.41 Å². The van der Waals surface area contributed by atoms with E-state index in [2.05, 4.69) is 14.7 Å². The number of nitrogens with one attached hydrogen (secondary N) is 1. The number of anilines is 1. The van der Waals surface area contributed by atoms with E-state index < -0.39 is 0 Å². The molecule has 0 bridgehead atoms. The van der Waals surface area contributed by atoms with Crippen molar-refractivity contribution in [2.45, 2.75) is 0 Å². The molecule has 1 saturated heterocycles. The summed E-state index contributed by atoms with van der Waals surface area (Å²) in [6, 6.07) is 6.42. The molecule has 116 valence electrons. The van der Waals surface area contributed by atoms with Crippen molar-refractivity contribution in [3.05, 3.63) is 35.8 Å². The number of nitrogens with zero attached hydrogens (tertiary/aromatic N) is 2. The highest BCUT2D eigenvalue weighted by Gasteiger charge is 2.24. The van der Waals surface area contributed by atoms with Gasteiger partial charge < -0.3 is 14.5 Å². The Kier molecular flexibility index (Phi) is 4.32. The Morgan fingerprint density at radius 2 is 2.09 bits per heavy atom. The SMILES string of the molecule is N=C(ON)c1nc(-c2ccccc2F)sc1N1CCOCC1. The first-order valence-electron chi connectivity index (χ1n) is 6.75. The van der Waals surface area contributed by atoms with Crippen LogP contribution in [0.5, 0.6) is 0 Å². The van der Waals surface area contributed by atoms with Crippen LogP contribution in [-0.2, 0) is 9.57 Å². The minimum atomic E-state index is -0.350. The maximum Gasteiger partial charge on any atom is 0.259 e. The van der Waals surface area contributed by atoms with Crippen LogP contribution in [0, 0.1) is 11.2 Å². The maximum atomic E-state index is 14.0. The molecule has 1 aromatic heterocycles. The van der Waals surface area contributed by atoms with Gasteiger partial charge in [0.15, 0.2) is 5.69 Å². The highest BCUT2D eigenvalue weighted by Crippen LogP contribution is 2.36. The number of hydrogen-bond acceptors (Lipinski definition) is 7. The van der Waals surface area contributed by atoms with E-state index >= 15 is 0 Å². The summed E-state index contributed by atoms with van der Waals surface area (Å²) in [6.07, 6.45) is 0. The minimum Gasteiger partial charge on any atom is -0.389 e. The van der Waals surface area contributed by atoms with Gasteiger partial charge in [-0.3, -0.25) is 5.41 Å². The van der Waals surface area contributed by atoms with Crippen LogP contribution in [0.4, 0.5) is 9.39 Å². The zero-order valence-corrected chi connectivity index (χ0v) is 12.5. The minimum absolute atomic E-state index is 0.236. The summed E-state index contributed by atoms with van der Waals surface area (Å²) < 4.78 is 19.3. The maximum absolute atomic E-state index is 14.0. The summed E-state index contributed by atoms with van der Waals surface area (Å²) in [7, 11) is 0. The third kappa shape index (κ3) is 2.80. The Labute approximate surface area is 130 Å². The predicted octanol–water partition coefficient (Wildman–Crippen LogP) is 2.00. The molecule has 2 heterocycles. The van der Waals surface area contributed by atoms with Gasteiger partial charge in [0, 0.05) is 18.7 Å². The third-order valence-corrected chi connectivity index (χ3v) is 4.49. The normalized spacial score (nSPS) is 14.9. The monoisotopic (exact) mass is 322 g/mol. The van der Waals surface area contributed by atoms with Gasteiger partial charge in [-0.05, 0) is 12.1 Å². The number of nitrogens with two attached hydrogens (primary N) is 1. The first-order chi connectivity index (χ1) is 10.7. The number of rotatable bonds is 3. The number of thiazole rings is 1. The molecule has 1 aromatic carbocycles. The van der Waals surface area contributed by atoms with E-state index in [1.54, 1.807) is 18.2 Å². The molecule has 0 saturated carbocycles. The fourth-order valence-corrected chi connectivity index (χ4v) is 3.39. The van der Waals surface area contributed by atoms with Gasteiger partial charge in [-0.1, -0.05) is 23.5 Å². The van der Waals surface area contributed by atoms with Gasteiger partial charge in [-0.15, -0.1) is 0 Å². The number of halogens is 1. The van der Waals surface area contributed by atoms with Crippen molar-refractivity contribution < 1.29 is 14.0 Å². The molecule has 3 rings (SSSR count). The molecule has 0 radical (unpaired) electrons. The van der Waals surface area contributed by atoms with Crippen LogP contribution in [0.25, 0.3) is 10.6 Å². The Balaban J connectivity index is 2.04. The van der Waals surface area contributed by atoms with Crippen LogP contribution in [0.1, 0.15) is 5.69 Å². The first kappa shape index (κ1) is 14.9. The van der Waals surface area contributed by atoms with Gasteiger partial charge in [0.05, 0.1) is 13.2 Å². The third-order valence-electron chi connectivity index (χ3n) is 3.34. The van der Waals surface area contributed by atoms with E-state index in [4.69, 9.17) is 16.0 Å². The highest BCUT2D eigenvalue weighted by atomic mass is 32.1. The van der Waals surface area contributed by atoms with Gasteiger partial charge >= 0.3 is 0 Å².